The Morgan fingerprint density at radius 1 is 1.05 bits per heavy atom. The molecule has 2 nitrogen and oxygen atoms in total. The van der Waals surface area contributed by atoms with Crippen LogP contribution in [0.5, 0.6) is 0 Å². The van der Waals surface area contributed by atoms with E-state index in [1.807, 2.05) is 0 Å². The quantitative estimate of drug-likeness (QED) is 0.214. The van der Waals surface area contributed by atoms with Gasteiger partial charge in [0.15, 0.2) is 0 Å². The molecule has 0 saturated carbocycles. The molecule has 0 radical (unpaired) electrons. The van der Waals surface area contributed by atoms with Crippen LogP contribution in [0, 0.1) is 0 Å². The SMILES string of the molecule is C=CC(=O)OCCC[Si](CC)(CCCC)CCCC. The van der Waals surface area contributed by atoms with E-state index in [0.717, 1.165) is 6.42 Å². The van der Waals surface area contributed by atoms with E-state index < -0.39 is 8.07 Å². The summed E-state index contributed by atoms with van der Waals surface area (Å²) in [6.45, 7) is 10.9. The highest BCUT2D eigenvalue weighted by Gasteiger charge is 2.28. The van der Waals surface area contributed by atoms with E-state index >= 15 is 0 Å². The number of hydrogen-bond acceptors (Lipinski definition) is 2. The molecule has 0 spiro atoms. The monoisotopic (exact) mass is 284 g/mol. The summed E-state index contributed by atoms with van der Waals surface area (Å²) in [5.41, 5.74) is 0. The van der Waals surface area contributed by atoms with Gasteiger partial charge in [-0.25, -0.2) is 4.79 Å². The molecule has 0 atom stereocenters. The molecule has 0 aromatic carbocycles. The van der Waals surface area contributed by atoms with Crippen LogP contribution in [0.25, 0.3) is 0 Å². The lowest BCUT2D eigenvalue weighted by molar-refractivity contribution is -0.137. The average molecular weight is 285 g/mol. The van der Waals surface area contributed by atoms with Gasteiger partial charge in [0, 0.05) is 6.08 Å². The summed E-state index contributed by atoms with van der Waals surface area (Å²) in [5, 5.41) is 0. The highest BCUT2D eigenvalue weighted by Crippen LogP contribution is 2.31. The molecule has 0 N–H and O–H groups in total. The fraction of sp³-hybridized carbons (Fsp3) is 0.812. The van der Waals surface area contributed by atoms with Gasteiger partial charge in [-0.3, -0.25) is 0 Å². The first-order valence-electron chi connectivity index (χ1n) is 7.93. The molecule has 0 aliphatic heterocycles. The van der Waals surface area contributed by atoms with Crippen molar-refractivity contribution in [3.8, 4) is 0 Å². The zero-order valence-electron chi connectivity index (χ0n) is 13.2. The van der Waals surface area contributed by atoms with Crippen LogP contribution in [-0.2, 0) is 9.53 Å². The second-order valence-corrected chi connectivity index (χ2v) is 10.7. The third kappa shape index (κ3) is 8.25. The van der Waals surface area contributed by atoms with Gasteiger partial charge in [-0.1, -0.05) is 77.2 Å². The fourth-order valence-corrected chi connectivity index (χ4v) is 7.60. The van der Waals surface area contributed by atoms with Crippen molar-refractivity contribution in [2.45, 2.75) is 77.1 Å². The van der Waals surface area contributed by atoms with E-state index in [4.69, 9.17) is 4.74 Å². The lowest BCUT2D eigenvalue weighted by Gasteiger charge is -2.31. The molecule has 19 heavy (non-hydrogen) atoms. The van der Waals surface area contributed by atoms with Crippen LogP contribution in [0.3, 0.4) is 0 Å². The topological polar surface area (TPSA) is 26.3 Å². The molecule has 0 aliphatic rings. The Morgan fingerprint density at radius 3 is 2.00 bits per heavy atom. The zero-order chi connectivity index (χ0) is 14.6. The summed E-state index contributed by atoms with van der Waals surface area (Å²) in [4.78, 5) is 11.0. The molecule has 0 aromatic rings. The Hall–Kier alpha value is -0.573. The maximum atomic E-state index is 11.0. The Morgan fingerprint density at radius 2 is 1.58 bits per heavy atom. The van der Waals surface area contributed by atoms with E-state index in [-0.39, 0.29) is 5.97 Å². The van der Waals surface area contributed by atoms with Crippen LogP contribution in [0.1, 0.15) is 52.9 Å². The maximum Gasteiger partial charge on any atom is 0.330 e. The molecule has 0 aromatic heterocycles. The van der Waals surface area contributed by atoms with E-state index in [9.17, 15) is 4.79 Å². The van der Waals surface area contributed by atoms with Crippen molar-refractivity contribution in [3.63, 3.8) is 0 Å². The van der Waals surface area contributed by atoms with Crippen LogP contribution in [0.4, 0.5) is 0 Å². The number of hydrogen-bond donors (Lipinski definition) is 0. The van der Waals surface area contributed by atoms with E-state index in [1.165, 1.54) is 55.9 Å². The Balaban J connectivity index is 4.21. The predicted octanol–water partition coefficient (Wildman–Crippen LogP) is 5.17. The van der Waals surface area contributed by atoms with Crippen molar-refractivity contribution in [1.82, 2.24) is 0 Å². The zero-order valence-corrected chi connectivity index (χ0v) is 14.2. The first-order chi connectivity index (χ1) is 9.14. The lowest BCUT2D eigenvalue weighted by atomic mass is 10.4. The number of ether oxygens (including phenoxy) is 1. The van der Waals surface area contributed by atoms with Gasteiger partial charge in [0.1, 0.15) is 0 Å². The minimum Gasteiger partial charge on any atom is -0.463 e. The van der Waals surface area contributed by atoms with Gasteiger partial charge in [-0.05, 0) is 6.42 Å². The highest BCUT2D eigenvalue weighted by atomic mass is 28.3. The number of carbonyl (C=O) groups is 1. The Kier molecular flexibility index (Phi) is 10.9. The summed E-state index contributed by atoms with van der Waals surface area (Å²) in [7, 11) is -1.11. The molecule has 0 rings (SSSR count). The van der Waals surface area contributed by atoms with Gasteiger partial charge in [0.05, 0.1) is 14.7 Å². The summed E-state index contributed by atoms with van der Waals surface area (Å²) in [5.74, 6) is -0.286. The molecule has 3 heteroatoms. The molecule has 0 fully saturated rings. The molecule has 0 aliphatic carbocycles. The van der Waals surface area contributed by atoms with Crippen LogP contribution < -0.4 is 0 Å². The van der Waals surface area contributed by atoms with E-state index in [2.05, 4.69) is 27.4 Å². The molecule has 112 valence electrons. The third-order valence-electron chi connectivity index (χ3n) is 4.13. The normalized spacial score (nSPS) is 11.3. The first kappa shape index (κ1) is 18.4. The highest BCUT2D eigenvalue weighted by molar-refractivity contribution is 6.79. The molecule has 0 bridgehead atoms. The van der Waals surface area contributed by atoms with Crippen molar-refractivity contribution in [2.24, 2.45) is 0 Å². The minimum atomic E-state index is -1.11. The van der Waals surface area contributed by atoms with E-state index in [1.54, 1.807) is 0 Å². The van der Waals surface area contributed by atoms with Crippen LogP contribution in [-0.4, -0.2) is 20.7 Å². The third-order valence-corrected chi connectivity index (χ3v) is 9.88. The molecule has 0 amide bonds. The van der Waals surface area contributed by atoms with Crippen molar-refractivity contribution in [1.29, 1.82) is 0 Å². The molecule has 0 saturated heterocycles. The summed E-state index contributed by atoms with van der Waals surface area (Å²) in [6, 6.07) is 5.60. The number of esters is 1. The fourth-order valence-electron chi connectivity index (χ4n) is 2.69. The minimum absolute atomic E-state index is 0.286. The first-order valence-corrected chi connectivity index (χ1v) is 10.8. The molecular weight excluding hydrogens is 252 g/mol. The van der Waals surface area contributed by atoms with Crippen molar-refractivity contribution in [3.05, 3.63) is 12.7 Å². The van der Waals surface area contributed by atoms with Gasteiger partial charge < -0.3 is 4.74 Å². The summed E-state index contributed by atoms with van der Waals surface area (Å²) < 4.78 is 5.11. The maximum absolute atomic E-state index is 11.0. The standard InChI is InChI=1S/C16H32O2Si/c1-5-9-13-19(8-4,14-10-6-2)15-11-12-18-16(17)7-3/h7H,3,5-6,8-15H2,1-2,4H3. The van der Waals surface area contributed by atoms with Crippen molar-refractivity contribution < 1.29 is 9.53 Å². The second-order valence-electron chi connectivity index (χ2n) is 5.54. The van der Waals surface area contributed by atoms with Gasteiger partial charge >= 0.3 is 5.97 Å². The van der Waals surface area contributed by atoms with Crippen molar-refractivity contribution in [2.75, 3.05) is 6.61 Å². The second kappa shape index (κ2) is 11.3. The predicted molar refractivity (Wildman–Crippen MR) is 86.2 cm³/mol. The van der Waals surface area contributed by atoms with Crippen molar-refractivity contribution >= 4 is 14.0 Å². The van der Waals surface area contributed by atoms with Gasteiger partial charge in [-0.2, -0.15) is 0 Å². The smallest absolute Gasteiger partial charge is 0.330 e. The van der Waals surface area contributed by atoms with Gasteiger partial charge in [0.25, 0.3) is 0 Å². The lowest BCUT2D eigenvalue weighted by Crippen LogP contribution is -2.33. The van der Waals surface area contributed by atoms with Crippen LogP contribution >= 0.6 is 0 Å². The number of carbonyl (C=O) groups excluding carboxylic acids is 1. The van der Waals surface area contributed by atoms with Crippen LogP contribution in [0.15, 0.2) is 12.7 Å². The molecular formula is C16H32O2Si. The Bertz CT molecular complexity index is 243. The van der Waals surface area contributed by atoms with E-state index in [0.29, 0.717) is 6.61 Å². The number of rotatable bonds is 12. The summed E-state index contributed by atoms with van der Waals surface area (Å²) in [6.07, 6.45) is 7.62. The van der Waals surface area contributed by atoms with Crippen LogP contribution in [0.2, 0.25) is 24.2 Å². The Labute approximate surface area is 120 Å². The van der Waals surface area contributed by atoms with Gasteiger partial charge in [0.2, 0.25) is 0 Å². The number of unbranched alkanes of at least 4 members (excludes halogenated alkanes) is 2. The largest absolute Gasteiger partial charge is 0.463 e. The summed E-state index contributed by atoms with van der Waals surface area (Å²) >= 11 is 0. The molecule has 0 unspecified atom stereocenters. The van der Waals surface area contributed by atoms with Gasteiger partial charge in [-0.15, -0.1) is 0 Å². The molecule has 0 heterocycles. The average Bonchev–Trinajstić information content (AvgIpc) is 2.45.